The highest BCUT2D eigenvalue weighted by Crippen LogP contribution is 2.19. The largest absolute Gasteiger partial charge is 0.395 e. The molecule has 0 aliphatic heterocycles. The summed E-state index contributed by atoms with van der Waals surface area (Å²) in [6.07, 6.45) is 1.80. The van der Waals surface area contributed by atoms with Gasteiger partial charge in [-0.05, 0) is 19.3 Å². The van der Waals surface area contributed by atoms with Crippen LogP contribution < -0.4 is 10.6 Å². The van der Waals surface area contributed by atoms with Crippen molar-refractivity contribution in [3.8, 4) is 0 Å². The maximum atomic E-state index is 11.8. The summed E-state index contributed by atoms with van der Waals surface area (Å²) in [4.78, 5) is 23.7. The molecule has 0 aliphatic carbocycles. The van der Waals surface area contributed by atoms with Crippen LogP contribution in [0.15, 0.2) is 0 Å². The van der Waals surface area contributed by atoms with E-state index in [1.165, 1.54) is 0 Å². The van der Waals surface area contributed by atoms with Crippen LogP contribution in [0.1, 0.15) is 33.1 Å². The summed E-state index contributed by atoms with van der Waals surface area (Å²) in [5.41, 5.74) is 0. The molecule has 0 saturated carbocycles. The smallest absolute Gasteiger partial charge is 0.223 e. The predicted molar refractivity (Wildman–Crippen MR) is 72.4 cm³/mol. The summed E-state index contributed by atoms with van der Waals surface area (Å²) < 4.78 is 0. The molecule has 6 heteroatoms. The van der Waals surface area contributed by atoms with Gasteiger partial charge in [-0.15, -0.1) is 0 Å². The van der Waals surface area contributed by atoms with Gasteiger partial charge in [-0.1, -0.05) is 13.8 Å². The summed E-state index contributed by atoms with van der Waals surface area (Å²) >= 11 is 0. The number of aliphatic hydroxyl groups excluding tert-OH is 2. The molecule has 0 aromatic heterocycles. The van der Waals surface area contributed by atoms with Crippen LogP contribution in [-0.4, -0.2) is 48.3 Å². The van der Waals surface area contributed by atoms with E-state index in [1.54, 1.807) is 0 Å². The maximum absolute atomic E-state index is 11.8. The van der Waals surface area contributed by atoms with Crippen LogP contribution in [0.2, 0.25) is 0 Å². The number of nitrogens with one attached hydrogen (secondary N) is 2. The molecule has 0 bridgehead atoms. The maximum Gasteiger partial charge on any atom is 0.223 e. The number of aliphatic hydroxyl groups is 2. The molecule has 0 aromatic carbocycles. The molecule has 0 spiro atoms. The first-order valence-corrected chi connectivity index (χ1v) is 6.87. The molecule has 19 heavy (non-hydrogen) atoms. The summed E-state index contributed by atoms with van der Waals surface area (Å²) in [6, 6.07) is 0. The van der Waals surface area contributed by atoms with Gasteiger partial charge in [0.05, 0.1) is 13.2 Å². The summed E-state index contributed by atoms with van der Waals surface area (Å²) in [5.74, 6) is -0.692. The molecular weight excluding hydrogens is 248 g/mol. The molecule has 2 atom stereocenters. The third-order valence-corrected chi connectivity index (χ3v) is 3.12. The first-order valence-electron chi connectivity index (χ1n) is 6.87. The number of hydrogen-bond acceptors (Lipinski definition) is 4. The minimum absolute atomic E-state index is 0.0869. The lowest BCUT2D eigenvalue weighted by Crippen LogP contribution is -2.37. The second kappa shape index (κ2) is 10.8. The van der Waals surface area contributed by atoms with E-state index in [1.807, 2.05) is 13.8 Å². The standard InChI is InChI=1S/C13H26N2O4/c1-3-10(12(18)14-5-7-16)9-11(4-2)13(19)15-6-8-17/h10-11,16-17H,3-9H2,1-2H3,(H,14,18)(H,15,19). The Hall–Kier alpha value is -1.14. The van der Waals surface area contributed by atoms with Crippen LogP contribution in [-0.2, 0) is 9.59 Å². The van der Waals surface area contributed by atoms with Crippen molar-refractivity contribution < 1.29 is 19.8 Å². The topological polar surface area (TPSA) is 98.7 Å². The van der Waals surface area contributed by atoms with Crippen LogP contribution in [0.25, 0.3) is 0 Å². The fraction of sp³-hybridized carbons (Fsp3) is 0.846. The molecule has 0 aromatic rings. The summed E-state index contributed by atoms with van der Waals surface area (Å²) in [7, 11) is 0. The molecule has 6 nitrogen and oxygen atoms in total. The Morgan fingerprint density at radius 1 is 0.895 bits per heavy atom. The van der Waals surface area contributed by atoms with Crippen molar-refractivity contribution in [2.24, 2.45) is 11.8 Å². The lowest BCUT2D eigenvalue weighted by atomic mass is 9.89. The minimum atomic E-state index is -0.226. The van der Waals surface area contributed by atoms with Crippen molar-refractivity contribution in [2.45, 2.75) is 33.1 Å². The Morgan fingerprint density at radius 3 is 1.53 bits per heavy atom. The molecule has 2 unspecified atom stereocenters. The van der Waals surface area contributed by atoms with Gasteiger partial charge in [0.15, 0.2) is 0 Å². The molecule has 0 fully saturated rings. The molecule has 2 amide bonds. The number of amides is 2. The van der Waals surface area contributed by atoms with Gasteiger partial charge >= 0.3 is 0 Å². The number of carbonyl (C=O) groups is 2. The molecule has 0 aliphatic rings. The number of rotatable bonds is 10. The van der Waals surface area contributed by atoms with E-state index >= 15 is 0 Å². The third-order valence-electron chi connectivity index (χ3n) is 3.12. The van der Waals surface area contributed by atoms with Crippen LogP contribution in [0, 0.1) is 11.8 Å². The highest BCUT2D eigenvalue weighted by Gasteiger charge is 2.24. The van der Waals surface area contributed by atoms with E-state index in [-0.39, 0.29) is 50.0 Å². The molecule has 0 radical (unpaired) electrons. The monoisotopic (exact) mass is 274 g/mol. The Labute approximate surface area is 114 Å². The van der Waals surface area contributed by atoms with Crippen LogP contribution in [0.4, 0.5) is 0 Å². The average molecular weight is 274 g/mol. The predicted octanol–water partition coefficient (Wildman–Crippen LogP) is -0.354. The quantitative estimate of drug-likeness (QED) is 0.437. The van der Waals surface area contributed by atoms with E-state index in [9.17, 15) is 9.59 Å². The van der Waals surface area contributed by atoms with Crippen LogP contribution >= 0.6 is 0 Å². The summed E-state index contributed by atoms with van der Waals surface area (Å²) in [6.45, 7) is 4.11. The van der Waals surface area contributed by atoms with Gasteiger partial charge in [0, 0.05) is 24.9 Å². The van der Waals surface area contributed by atoms with Gasteiger partial charge in [-0.3, -0.25) is 9.59 Å². The Bertz CT molecular complexity index is 245. The minimum Gasteiger partial charge on any atom is -0.395 e. The van der Waals surface area contributed by atoms with Crippen molar-refractivity contribution in [3.05, 3.63) is 0 Å². The molecule has 0 rings (SSSR count). The zero-order valence-corrected chi connectivity index (χ0v) is 11.8. The SMILES string of the molecule is CCC(CC(CC)C(=O)NCCO)C(=O)NCCO. The highest BCUT2D eigenvalue weighted by molar-refractivity contribution is 5.81. The molecule has 0 saturated heterocycles. The number of hydrogen-bond donors (Lipinski definition) is 4. The third kappa shape index (κ3) is 7.12. The van der Waals surface area contributed by atoms with Gasteiger partial charge in [-0.25, -0.2) is 0 Å². The average Bonchev–Trinajstić information content (AvgIpc) is 2.43. The lowest BCUT2D eigenvalue weighted by molar-refractivity contribution is -0.128. The lowest BCUT2D eigenvalue weighted by Gasteiger charge is -2.20. The van der Waals surface area contributed by atoms with Crippen LogP contribution in [0.5, 0.6) is 0 Å². The van der Waals surface area contributed by atoms with Gasteiger partial charge < -0.3 is 20.8 Å². The summed E-state index contributed by atoms with van der Waals surface area (Å²) in [5, 5.41) is 22.6. The van der Waals surface area contributed by atoms with Gasteiger partial charge in [0.1, 0.15) is 0 Å². The van der Waals surface area contributed by atoms with Crippen molar-refractivity contribution in [1.82, 2.24) is 10.6 Å². The zero-order chi connectivity index (χ0) is 14.7. The first-order chi connectivity index (χ1) is 9.10. The van der Waals surface area contributed by atoms with E-state index in [0.717, 1.165) is 0 Å². The second-order valence-electron chi connectivity index (χ2n) is 4.48. The molecule has 112 valence electrons. The molecule has 4 N–H and O–H groups in total. The fourth-order valence-corrected chi connectivity index (χ4v) is 1.91. The van der Waals surface area contributed by atoms with Gasteiger partial charge in [0.25, 0.3) is 0 Å². The Morgan fingerprint density at radius 2 is 1.26 bits per heavy atom. The van der Waals surface area contributed by atoms with Gasteiger partial charge in [-0.2, -0.15) is 0 Å². The normalized spacial score (nSPS) is 13.7. The second-order valence-corrected chi connectivity index (χ2v) is 4.48. The van der Waals surface area contributed by atoms with Gasteiger partial charge in [0.2, 0.25) is 11.8 Å². The molecule has 0 heterocycles. The first kappa shape index (κ1) is 17.9. The fourth-order valence-electron chi connectivity index (χ4n) is 1.91. The van der Waals surface area contributed by atoms with Crippen molar-refractivity contribution in [2.75, 3.05) is 26.3 Å². The Balaban J connectivity index is 4.38. The van der Waals surface area contributed by atoms with E-state index in [0.29, 0.717) is 19.3 Å². The van der Waals surface area contributed by atoms with E-state index < -0.39 is 0 Å². The zero-order valence-electron chi connectivity index (χ0n) is 11.8. The highest BCUT2D eigenvalue weighted by atomic mass is 16.3. The van der Waals surface area contributed by atoms with E-state index in [4.69, 9.17) is 10.2 Å². The Kier molecular flexibility index (Phi) is 10.1. The van der Waals surface area contributed by atoms with Crippen molar-refractivity contribution >= 4 is 11.8 Å². The van der Waals surface area contributed by atoms with Crippen molar-refractivity contribution in [3.63, 3.8) is 0 Å². The molecular formula is C13H26N2O4. The van der Waals surface area contributed by atoms with Crippen LogP contribution in [0.3, 0.4) is 0 Å². The van der Waals surface area contributed by atoms with E-state index in [2.05, 4.69) is 10.6 Å². The van der Waals surface area contributed by atoms with Crippen molar-refractivity contribution in [1.29, 1.82) is 0 Å². The number of carbonyl (C=O) groups excluding carboxylic acids is 2.